The van der Waals surface area contributed by atoms with Crippen LogP contribution in [-0.2, 0) is 11.3 Å². The van der Waals surface area contributed by atoms with Gasteiger partial charge >= 0.3 is 0 Å². The molecule has 0 saturated heterocycles. The summed E-state index contributed by atoms with van der Waals surface area (Å²) in [5.74, 6) is -1.73. The third kappa shape index (κ3) is 4.80. The Bertz CT molecular complexity index is 1040. The maximum Gasteiger partial charge on any atom is 0.271 e. The Balaban J connectivity index is 1.70. The highest BCUT2D eigenvalue weighted by Crippen LogP contribution is 2.28. The number of hydrogen-bond donors (Lipinski definition) is 1. The normalized spacial score (nSPS) is 10.6. The lowest BCUT2D eigenvalue weighted by Crippen LogP contribution is -2.26. The zero-order valence-corrected chi connectivity index (χ0v) is 16.6. The van der Waals surface area contributed by atoms with Gasteiger partial charge in [-0.15, -0.1) is 11.3 Å². The molecule has 2 aromatic heterocycles. The van der Waals surface area contributed by atoms with Gasteiger partial charge in [-0.25, -0.2) is 14.4 Å². The summed E-state index contributed by atoms with van der Waals surface area (Å²) in [6.07, 6.45) is 1.61. The third-order valence-electron chi connectivity index (χ3n) is 4.21. The minimum Gasteiger partial charge on any atom is -0.347 e. The SMILES string of the molecule is CCC(=O)N(C)c1ccc(-c2nc(C(=O)NCc3ccc(F)nc3)cs2)cc1F. The van der Waals surface area contributed by atoms with E-state index in [4.69, 9.17) is 0 Å². The fourth-order valence-corrected chi connectivity index (χ4v) is 3.38. The van der Waals surface area contributed by atoms with Crippen LogP contribution in [0.5, 0.6) is 0 Å². The quantitative estimate of drug-likeness (QED) is 0.621. The standard InChI is InChI=1S/C20H18F2N4O2S/c1-3-18(27)26(2)16-6-5-13(8-14(16)21)20-25-15(11-29-20)19(28)24-10-12-4-7-17(22)23-9-12/h4-9,11H,3,10H2,1-2H3,(H,24,28). The number of thiazole rings is 1. The minimum atomic E-state index is -0.590. The first-order valence-electron chi connectivity index (χ1n) is 8.79. The Kier molecular flexibility index (Phi) is 6.28. The first-order chi connectivity index (χ1) is 13.9. The van der Waals surface area contributed by atoms with Gasteiger partial charge in [-0.3, -0.25) is 9.59 Å². The summed E-state index contributed by atoms with van der Waals surface area (Å²) in [7, 11) is 1.52. The van der Waals surface area contributed by atoms with Crippen LogP contribution in [0, 0.1) is 11.8 Å². The number of aromatic nitrogens is 2. The number of carbonyl (C=O) groups excluding carboxylic acids is 2. The predicted molar refractivity (Wildman–Crippen MR) is 107 cm³/mol. The molecule has 2 amide bonds. The monoisotopic (exact) mass is 416 g/mol. The molecular weight excluding hydrogens is 398 g/mol. The molecule has 0 saturated carbocycles. The molecule has 0 aliphatic heterocycles. The number of halogens is 2. The van der Waals surface area contributed by atoms with Crippen molar-refractivity contribution in [1.82, 2.24) is 15.3 Å². The summed E-state index contributed by atoms with van der Waals surface area (Å²) < 4.78 is 27.3. The van der Waals surface area contributed by atoms with Crippen molar-refractivity contribution in [3.05, 3.63) is 64.9 Å². The van der Waals surface area contributed by atoms with E-state index in [0.717, 1.165) is 0 Å². The lowest BCUT2D eigenvalue weighted by molar-refractivity contribution is -0.118. The van der Waals surface area contributed by atoms with Crippen LogP contribution in [-0.4, -0.2) is 28.8 Å². The van der Waals surface area contributed by atoms with E-state index in [9.17, 15) is 18.4 Å². The van der Waals surface area contributed by atoms with Gasteiger partial charge in [-0.05, 0) is 29.8 Å². The van der Waals surface area contributed by atoms with E-state index < -0.39 is 17.7 Å². The van der Waals surface area contributed by atoms with E-state index in [1.54, 1.807) is 18.4 Å². The van der Waals surface area contributed by atoms with Crippen molar-refractivity contribution in [3.63, 3.8) is 0 Å². The molecule has 29 heavy (non-hydrogen) atoms. The lowest BCUT2D eigenvalue weighted by atomic mass is 10.2. The van der Waals surface area contributed by atoms with Crippen LogP contribution in [0.15, 0.2) is 41.9 Å². The zero-order valence-electron chi connectivity index (χ0n) is 15.8. The summed E-state index contributed by atoms with van der Waals surface area (Å²) in [6.45, 7) is 1.89. The van der Waals surface area contributed by atoms with Gasteiger partial charge in [0.15, 0.2) is 0 Å². The Morgan fingerprint density at radius 1 is 1.21 bits per heavy atom. The molecule has 9 heteroatoms. The molecule has 150 valence electrons. The van der Waals surface area contributed by atoms with Gasteiger partial charge in [0.25, 0.3) is 5.91 Å². The molecule has 3 rings (SSSR count). The van der Waals surface area contributed by atoms with Gasteiger partial charge in [0, 0.05) is 37.2 Å². The van der Waals surface area contributed by atoms with Gasteiger partial charge < -0.3 is 10.2 Å². The number of rotatable bonds is 6. The van der Waals surface area contributed by atoms with E-state index in [1.165, 1.54) is 53.7 Å². The Morgan fingerprint density at radius 2 is 2.00 bits per heavy atom. The highest BCUT2D eigenvalue weighted by Gasteiger charge is 2.16. The molecule has 0 aliphatic carbocycles. The number of pyridine rings is 1. The molecule has 0 atom stereocenters. The maximum atomic E-state index is 14.5. The summed E-state index contributed by atoms with van der Waals surface area (Å²) >= 11 is 1.21. The molecule has 3 aromatic rings. The largest absolute Gasteiger partial charge is 0.347 e. The van der Waals surface area contributed by atoms with Crippen LogP contribution in [0.1, 0.15) is 29.4 Å². The first kappa shape index (κ1) is 20.5. The van der Waals surface area contributed by atoms with Crippen LogP contribution >= 0.6 is 11.3 Å². The second-order valence-electron chi connectivity index (χ2n) is 6.18. The van der Waals surface area contributed by atoms with Gasteiger partial charge in [-0.1, -0.05) is 13.0 Å². The molecule has 1 aromatic carbocycles. The molecule has 0 spiro atoms. The molecule has 0 radical (unpaired) electrons. The number of anilines is 1. The zero-order chi connectivity index (χ0) is 21.0. The molecule has 0 bridgehead atoms. The number of benzene rings is 1. The van der Waals surface area contributed by atoms with E-state index >= 15 is 0 Å². The number of nitrogens with zero attached hydrogens (tertiary/aromatic N) is 3. The third-order valence-corrected chi connectivity index (χ3v) is 5.10. The summed E-state index contributed by atoms with van der Waals surface area (Å²) in [6, 6.07) is 7.20. The highest BCUT2D eigenvalue weighted by atomic mass is 32.1. The maximum absolute atomic E-state index is 14.5. The van der Waals surface area contributed by atoms with Gasteiger partial charge in [0.05, 0.1) is 5.69 Å². The van der Waals surface area contributed by atoms with Crippen LogP contribution in [0.25, 0.3) is 10.6 Å². The number of amides is 2. The fourth-order valence-electron chi connectivity index (χ4n) is 2.58. The average molecular weight is 416 g/mol. The van der Waals surface area contributed by atoms with Crippen molar-refractivity contribution >= 4 is 28.8 Å². The number of carbonyl (C=O) groups is 2. The molecular formula is C20H18F2N4O2S. The molecule has 0 fully saturated rings. The Morgan fingerprint density at radius 3 is 2.66 bits per heavy atom. The van der Waals surface area contributed by atoms with Crippen molar-refractivity contribution in [2.75, 3.05) is 11.9 Å². The number of nitrogens with one attached hydrogen (secondary N) is 1. The highest BCUT2D eigenvalue weighted by molar-refractivity contribution is 7.13. The van der Waals surface area contributed by atoms with E-state index in [2.05, 4.69) is 15.3 Å². The molecule has 2 heterocycles. The van der Waals surface area contributed by atoms with Crippen molar-refractivity contribution < 1.29 is 18.4 Å². The van der Waals surface area contributed by atoms with Crippen LogP contribution in [0.4, 0.5) is 14.5 Å². The Labute approximate surface area is 170 Å². The topological polar surface area (TPSA) is 75.2 Å². The van der Waals surface area contributed by atoms with Crippen molar-refractivity contribution in [3.8, 4) is 10.6 Å². The molecule has 0 aliphatic rings. The Hall–Kier alpha value is -3.20. The summed E-state index contributed by atoms with van der Waals surface area (Å²) in [4.78, 5) is 33.1. The average Bonchev–Trinajstić information content (AvgIpc) is 3.22. The smallest absolute Gasteiger partial charge is 0.271 e. The van der Waals surface area contributed by atoms with Crippen LogP contribution in [0.2, 0.25) is 0 Å². The first-order valence-corrected chi connectivity index (χ1v) is 9.67. The second-order valence-corrected chi connectivity index (χ2v) is 7.04. The van der Waals surface area contributed by atoms with Crippen molar-refractivity contribution in [2.24, 2.45) is 0 Å². The summed E-state index contributed by atoms with van der Waals surface area (Å²) in [5, 5.41) is 4.73. The molecule has 6 nitrogen and oxygen atoms in total. The van der Waals surface area contributed by atoms with Gasteiger partial charge in [0.1, 0.15) is 16.5 Å². The van der Waals surface area contributed by atoms with Gasteiger partial charge in [0.2, 0.25) is 11.9 Å². The van der Waals surface area contributed by atoms with Crippen molar-refractivity contribution in [1.29, 1.82) is 0 Å². The lowest BCUT2D eigenvalue weighted by Gasteiger charge is -2.17. The predicted octanol–water partition coefficient (Wildman–Crippen LogP) is 3.79. The molecule has 1 N–H and O–H groups in total. The van der Waals surface area contributed by atoms with Crippen molar-refractivity contribution in [2.45, 2.75) is 19.9 Å². The van der Waals surface area contributed by atoms with E-state index in [0.29, 0.717) is 16.1 Å². The van der Waals surface area contributed by atoms with Crippen LogP contribution < -0.4 is 10.2 Å². The van der Waals surface area contributed by atoms with Gasteiger partial charge in [-0.2, -0.15) is 4.39 Å². The fraction of sp³-hybridized carbons (Fsp3) is 0.200. The van der Waals surface area contributed by atoms with Crippen LogP contribution in [0.3, 0.4) is 0 Å². The van der Waals surface area contributed by atoms with E-state index in [1.807, 2.05) is 0 Å². The molecule has 0 unspecified atom stereocenters. The number of hydrogen-bond acceptors (Lipinski definition) is 5. The summed E-state index contributed by atoms with van der Waals surface area (Å²) in [5.41, 5.74) is 1.54. The van der Waals surface area contributed by atoms with E-state index in [-0.39, 0.29) is 30.3 Å². The second kappa shape index (κ2) is 8.87. The minimum absolute atomic E-state index is 0.181.